The minimum atomic E-state index is -0.164. The van der Waals surface area contributed by atoms with Crippen molar-refractivity contribution in [1.82, 2.24) is 15.4 Å². The molecule has 0 unspecified atom stereocenters. The number of rotatable bonds is 4. The first-order chi connectivity index (χ1) is 9.80. The van der Waals surface area contributed by atoms with Crippen LogP contribution in [0.25, 0.3) is 0 Å². The van der Waals surface area contributed by atoms with E-state index in [-0.39, 0.29) is 11.4 Å². The molecule has 0 radical (unpaired) electrons. The first kappa shape index (κ1) is 13.9. The van der Waals surface area contributed by atoms with Crippen molar-refractivity contribution in [2.45, 2.75) is 12.0 Å². The average Bonchev–Trinajstić information content (AvgIpc) is 3.18. The zero-order valence-corrected chi connectivity index (χ0v) is 12.2. The van der Waals surface area contributed by atoms with Crippen molar-refractivity contribution < 1.29 is 14.1 Å². The number of amides is 1. The molecule has 1 atom stereocenters. The number of carbonyl (C=O) groups is 1. The van der Waals surface area contributed by atoms with E-state index in [1.165, 1.54) is 6.26 Å². The highest BCUT2D eigenvalue weighted by molar-refractivity contribution is 7.99. The van der Waals surface area contributed by atoms with Crippen molar-refractivity contribution in [3.05, 3.63) is 18.0 Å². The second-order valence-electron chi connectivity index (χ2n) is 5.19. The summed E-state index contributed by atoms with van der Waals surface area (Å²) in [5.74, 6) is 2.05. The van der Waals surface area contributed by atoms with E-state index in [1.807, 2.05) is 11.8 Å². The number of nitrogens with zero attached hydrogens (tertiary/aromatic N) is 2. The second kappa shape index (κ2) is 6.15. The fraction of sp³-hybridized carbons (Fsp3) is 0.692. The molecule has 0 aromatic carbocycles. The van der Waals surface area contributed by atoms with Crippen molar-refractivity contribution in [2.75, 3.05) is 44.4 Å². The number of ether oxygens (including phenoxy) is 1. The Labute approximate surface area is 122 Å². The van der Waals surface area contributed by atoms with Gasteiger partial charge in [0.1, 0.15) is 6.26 Å². The summed E-state index contributed by atoms with van der Waals surface area (Å²) in [6.07, 6.45) is 2.52. The van der Waals surface area contributed by atoms with Crippen LogP contribution in [-0.2, 0) is 4.74 Å². The Kier molecular flexibility index (Phi) is 4.28. The lowest BCUT2D eigenvalue weighted by atomic mass is 9.95. The number of hydrogen-bond acceptors (Lipinski definition) is 6. The van der Waals surface area contributed by atoms with Crippen LogP contribution in [0.5, 0.6) is 0 Å². The number of thioether (sulfide) groups is 1. The minimum absolute atomic E-state index is 0.0633. The van der Waals surface area contributed by atoms with Crippen LogP contribution in [0.15, 0.2) is 16.9 Å². The molecule has 0 saturated carbocycles. The third-order valence-corrected chi connectivity index (χ3v) is 5.25. The number of nitrogens with one attached hydrogen (secondary N) is 1. The van der Waals surface area contributed by atoms with Crippen molar-refractivity contribution in [2.24, 2.45) is 0 Å². The Balaban J connectivity index is 1.63. The summed E-state index contributed by atoms with van der Waals surface area (Å²) in [5.41, 5.74) is 0.404. The summed E-state index contributed by atoms with van der Waals surface area (Å²) in [7, 11) is 0. The molecule has 1 N–H and O–H groups in total. The second-order valence-corrected chi connectivity index (χ2v) is 6.30. The van der Waals surface area contributed by atoms with Crippen molar-refractivity contribution in [3.8, 4) is 0 Å². The van der Waals surface area contributed by atoms with E-state index in [1.54, 1.807) is 6.07 Å². The standard InChI is InChI=1S/C13H19N3O3S/c17-12(11-1-5-19-15-11)14-9-13(2-8-20-10-13)16-3-6-18-7-4-16/h1,5H,2-4,6-10H2,(H,14,17)/t13-/m0/s1. The molecule has 20 heavy (non-hydrogen) atoms. The number of morpholine rings is 1. The van der Waals surface area contributed by atoms with Gasteiger partial charge in [-0.15, -0.1) is 0 Å². The van der Waals surface area contributed by atoms with E-state index in [9.17, 15) is 4.79 Å². The Bertz CT molecular complexity index is 440. The molecule has 0 aliphatic carbocycles. The highest BCUT2D eigenvalue weighted by Crippen LogP contribution is 2.33. The van der Waals surface area contributed by atoms with Gasteiger partial charge in [0.2, 0.25) is 0 Å². The predicted molar refractivity (Wildman–Crippen MR) is 75.9 cm³/mol. The fourth-order valence-corrected chi connectivity index (χ4v) is 4.28. The molecule has 3 rings (SSSR count). The molecule has 110 valence electrons. The number of aromatic nitrogens is 1. The van der Waals surface area contributed by atoms with Gasteiger partial charge >= 0.3 is 0 Å². The van der Waals surface area contributed by atoms with Crippen molar-refractivity contribution in [1.29, 1.82) is 0 Å². The lowest BCUT2D eigenvalue weighted by Crippen LogP contribution is -2.59. The Hall–Kier alpha value is -1.05. The van der Waals surface area contributed by atoms with E-state index in [2.05, 4.69) is 15.4 Å². The summed E-state index contributed by atoms with van der Waals surface area (Å²) >= 11 is 1.96. The molecule has 0 spiro atoms. The SMILES string of the molecule is O=C(NC[C@@]1(N2CCOCC2)CCSC1)c1ccon1. The maximum absolute atomic E-state index is 12.0. The zero-order chi connectivity index (χ0) is 13.8. The van der Waals surface area contributed by atoms with Gasteiger partial charge < -0.3 is 14.6 Å². The van der Waals surface area contributed by atoms with Gasteiger partial charge in [-0.2, -0.15) is 11.8 Å². The molecule has 1 aromatic heterocycles. The monoisotopic (exact) mass is 297 g/mol. The van der Waals surface area contributed by atoms with Crippen molar-refractivity contribution in [3.63, 3.8) is 0 Å². The molecule has 1 amide bonds. The van der Waals surface area contributed by atoms with E-state index in [0.29, 0.717) is 12.2 Å². The molecule has 2 saturated heterocycles. The van der Waals surface area contributed by atoms with Gasteiger partial charge in [0, 0.05) is 37.0 Å². The van der Waals surface area contributed by atoms with Crippen LogP contribution in [0.3, 0.4) is 0 Å². The summed E-state index contributed by atoms with van der Waals surface area (Å²) in [4.78, 5) is 14.5. The summed E-state index contributed by atoms with van der Waals surface area (Å²) in [6.45, 7) is 4.11. The van der Waals surface area contributed by atoms with Crippen molar-refractivity contribution >= 4 is 17.7 Å². The quantitative estimate of drug-likeness (QED) is 0.878. The van der Waals surface area contributed by atoms with Crippen LogP contribution >= 0.6 is 11.8 Å². The number of hydrogen-bond donors (Lipinski definition) is 1. The maximum atomic E-state index is 12.0. The molecule has 2 aliphatic heterocycles. The first-order valence-electron chi connectivity index (χ1n) is 6.89. The third kappa shape index (κ3) is 2.84. The Morgan fingerprint density at radius 1 is 1.50 bits per heavy atom. The highest BCUT2D eigenvalue weighted by Gasteiger charge is 2.40. The minimum Gasteiger partial charge on any atom is -0.379 e. The molecule has 2 aliphatic rings. The summed E-state index contributed by atoms with van der Waals surface area (Å²) < 4.78 is 10.1. The van der Waals surface area contributed by atoms with Gasteiger partial charge in [-0.1, -0.05) is 5.16 Å². The largest absolute Gasteiger partial charge is 0.379 e. The molecule has 3 heterocycles. The first-order valence-corrected chi connectivity index (χ1v) is 8.05. The lowest BCUT2D eigenvalue weighted by Gasteiger charge is -2.42. The molecular weight excluding hydrogens is 278 g/mol. The van der Waals surface area contributed by atoms with E-state index < -0.39 is 0 Å². The molecule has 7 heteroatoms. The van der Waals surface area contributed by atoms with E-state index in [4.69, 9.17) is 9.26 Å². The summed E-state index contributed by atoms with van der Waals surface area (Å²) in [6, 6.07) is 1.58. The Morgan fingerprint density at radius 2 is 2.35 bits per heavy atom. The maximum Gasteiger partial charge on any atom is 0.273 e. The third-order valence-electron chi connectivity index (χ3n) is 4.01. The van der Waals surface area contributed by atoms with E-state index in [0.717, 1.165) is 44.2 Å². The van der Waals surface area contributed by atoms with Crippen LogP contribution in [0.2, 0.25) is 0 Å². The molecule has 2 fully saturated rings. The van der Waals surface area contributed by atoms with Gasteiger partial charge in [-0.25, -0.2) is 0 Å². The van der Waals surface area contributed by atoms with Crippen LogP contribution in [0, 0.1) is 0 Å². The van der Waals surface area contributed by atoms with Crippen LogP contribution < -0.4 is 5.32 Å². The van der Waals surface area contributed by atoms with Gasteiger partial charge in [-0.3, -0.25) is 9.69 Å². The number of carbonyl (C=O) groups excluding carboxylic acids is 1. The predicted octanol–water partition coefficient (Wildman–Crippen LogP) is 0.612. The lowest BCUT2D eigenvalue weighted by molar-refractivity contribution is -0.0129. The zero-order valence-electron chi connectivity index (χ0n) is 11.3. The van der Waals surface area contributed by atoms with Gasteiger partial charge in [-0.05, 0) is 12.2 Å². The Morgan fingerprint density at radius 3 is 3.00 bits per heavy atom. The van der Waals surface area contributed by atoms with Gasteiger partial charge in [0.05, 0.1) is 13.2 Å². The van der Waals surface area contributed by atoms with E-state index >= 15 is 0 Å². The molecule has 1 aromatic rings. The van der Waals surface area contributed by atoms with Crippen LogP contribution in [0.1, 0.15) is 16.9 Å². The summed E-state index contributed by atoms with van der Waals surface area (Å²) in [5, 5.41) is 6.68. The average molecular weight is 297 g/mol. The fourth-order valence-electron chi connectivity index (χ4n) is 2.80. The van der Waals surface area contributed by atoms with Gasteiger partial charge in [0.15, 0.2) is 5.69 Å². The smallest absolute Gasteiger partial charge is 0.273 e. The normalized spacial score (nSPS) is 27.6. The molecular formula is C13H19N3O3S. The molecule has 6 nitrogen and oxygen atoms in total. The van der Waals surface area contributed by atoms with Gasteiger partial charge in [0.25, 0.3) is 5.91 Å². The van der Waals surface area contributed by atoms with Crippen LogP contribution in [-0.4, -0.2) is 65.9 Å². The topological polar surface area (TPSA) is 67.6 Å². The van der Waals surface area contributed by atoms with Crippen LogP contribution in [0.4, 0.5) is 0 Å². The highest BCUT2D eigenvalue weighted by atomic mass is 32.2. The molecule has 0 bridgehead atoms.